The SMILES string of the molecule is Cc1cccc(S(=O)(=O)NCCC(=O)N2CC[C@@H](n3cc(C4CC4)nn3)C2)c1. The molecule has 0 spiro atoms. The van der Waals surface area contributed by atoms with Gasteiger partial charge in [0, 0.05) is 38.2 Å². The van der Waals surface area contributed by atoms with Crippen LogP contribution in [-0.2, 0) is 14.8 Å². The van der Waals surface area contributed by atoms with Crippen molar-refractivity contribution in [2.24, 2.45) is 0 Å². The summed E-state index contributed by atoms with van der Waals surface area (Å²) in [5.41, 5.74) is 1.93. The molecule has 9 heteroatoms. The standard InChI is InChI=1S/C19H25N5O3S/c1-14-3-2-4-17(11-14)28(26,27)20-9-7-19(25)23-10-8-16(12-23)24-13-18(21-22-24)15-5-6-15/h2-4,11,13,15-16,20H,5-10,12H2,1H3/t16-/m1/s1. The first-order valence-corrected chi connectivity index (χ1v) is 11.2. The summed E-state index contributed by atoms with van der Waals surface area (Å²) in [6, 6.07) is 6.86. The average Bonchev–Trinajstić information content (AvgIpc) is 3.19. The molecule has 1 aromatic heterocycles. The fourth-order valence-electron chi connectivity index (χ4n) is 3.54. The molecule has 1 aromatic carbocycles. The van der Waals surface area contributed by atoms with E-state index in [0.29, 0.717) is 19.0 Å². The van der Waals surface area contributed by atoms with Crippen LogP contribution in [0, 0.1) is 6.92 Å². The summed E-state index contributed by atoms with van der Waals surface area (Å²) in [5.74, 6) is 0.520. The zero-order valence-electron chi connectivity index (χ0n) is 15.9. The molecule has 1 saturated heterocycles. The molecule has 1 aliphatic heterocycles. The fraction of sp³-hybridized carbons (Fsp3) is 0.526. The second-order valence-corrected chi connectivity index (χ2v) is 9.41. The maximum Gasteiger partial charge on any atom is 0.240 e. The third-order valence-electron chi connectivity index (χ3n) is 5.34. The molecular weight excluding hydrogens is 378 g/mol. The highest BCUT2D eigenvalue weighted by molar-refractivity contribution is 7.89. The molecule has 2 heterocycles. The molecule has 0 bridgehead atoms. The van der Waals surface area contributed by atoms with E-state index in [9.17, 15) is 13.2 Å². The van der Waals surface area contributed by atoms with E-state index in [1.54, 1.807) is 23.1 Å². The molecular formula is C19H25N5O3S. The monoisotopic (exact) mass is 403 g/mol. The van der Waals surface area contributed by atoms with Gasteiger partial charge >= 0.3 is 0 Å². The van der Waals surface area contributed by atoms with Gasteiger partial charge in [0.05, 0.1) is 16.6 Å². The van der Waals surface area contributed by atoms with Gasteiger partial charge in [0.25, 0.3) is 0 Å². The van der Waals surface area contributed by atoms with E-state index in [1.807, 2.05) is 23.9 Å². The molecule has 150 valence electrons. The molecule has 4 rings (SSSR count). The fourth-order valence-corrected chi connectivity index (χ4v) is 4.67. The third kappa shape index (κ3) is 4.25. The van der Waals surface area contributed by atoms with Gasteiger partial charge in [-0.25, -0.2) is 17.8 Å². The van der Waals surface area contributed by atoms with Crippen molar-refractivity contribution in [1.29, 1.82) is 0 Å². The topological polar surface area (TPSA) is 97.2 Å². The highest BCUT2D eigenvalue weighted by Gasteiger charge is 2.31. The number of rotatable bonds is 7. The summed E-state index contributed by atoms with van der Waals surface area (Å²) in [6.45, 7) is 3.18. The van der Waals surface area contributed by atoms with Crippen LogP contribution < -0.4 is 4.72 Å². The Kier molecular flexibility index (Phi) is 5.20. The minimum absolute atomic E-state index is 0.0445. The van der Waals surface area contributed by atoms with Crippen molar-refractivity contribution < 1.29 is 13.2 Å². The number of hydrogen-bond acceptors (Lipinski definition) is 5. The van der Waals surface area contributed by atoms with Crippen molar-refractivity contribution in [3.05, 3.63) is 41.7 Å². The van der Waals surface area contributed by atoms with Crippen LogP contribution >= 0.6 is 0 Å². The van der Waals surface area contributed by atoms with Gasteiger partial charge in [-0.2, -0.15) is 0 Å². The lowest BCUT2D eigenvalue weighted by Gasteiger charge is -2.16. The number of amides is 1. The van der Waals surface area contributed by atoms with Gasteiger partial charge in [-0.15, -0.1) is 5.10 Å². The van der Waals surface area contributed by atoms with Crippen LogP contribution in [0.1, 0.15) is 48.9 Å². The third-order valence-corrected chi connectivity index (χ3v) is 6.80. The van der Waals surface area contributed by atoms with E-state index in [0.717, 1.165) is 17.7 Å². The van der Waals surface area contributed by atoms with E-state index in [-0.39, 0.29) is 29.8 Å². The maximum atomic E-state index is 12.5. The van der Waals surface area contributed by atoms with Crippen molar-refractivity contribution in [2.75, 3.05) is 19.6 Å². The van der Waals surface area contributed by atoms with Crippen LogP contribution in [0.15, 0.2) is 35.4 Å². The number of nitrogens with one attached hydrogen (secondary N) is 1. The molecule has 0 unspecified atom stereocenters. The number of carbonyl (C=O) groups is 1. The number of hydrogen-bond donors (Lipinski definition) is 1. The Morgan fingerprint density at radius 1 is 1.29 bits per heavy atom. The van der Waals surface area contributed by atoms with Crippen LogP contribution in [0.25, 0.3) is 0 Å². The van der Waals surface area contributed by atoms with Crippen LogP contribution in [0.5, 0.6) is 0 Å². The molecule has 1 N–H and O–H groups in total. The van der Waals surface area contributed by atoms with Gasteiger partial charge < -0.3 is 4.90 Å². The van der Waals surface area contributed by atoms with E-state index >= 15 is 0 Å². The van der Waals surface area contributed by atoms with Gasteiger partial charge in [-0.1, -0.05) is 17.3 Å². The lowest BCUT2D eigenvalue weighted by molar-refractivity contribution is -0.130. The first-order valence-electron chi connectivity index (χ1n) is 9.68. The zero-order valence-corrected chi connectivity index (χ0v) is 16.7. The second kappa shape index (κ2) is 7.63. The molecule has 2 aromatic rings. The van der Waals surface area contributed by atoms with Crippen molar-refractivity contribution in [1.82, 2.24) is 24.6 Å². The smallest absolute Gasteiger partial charge is 0.240 e. The number of aryl methyl sites for hydroxylation is 1. The Hall–Kier alpha value is -2.26. The van der Waals surface area contributed by atoms with Gasteiger partial charge in [0.1, 0.15) is 0 Å². The summed E-state index contributed by atoms with van der Waals surface area (Å²) < 4.78 is 29.1. The number of aromatic nitrogens is 3. The minimum atomic E-state index is -3.60. The zero-order chi connectivity index (χ0) is 19.7. The summed E-state index contributed by atoms with van der Waals surface area (Å²) in [6.07, 6.45) is 5.36. The number of benzene rings is 1. The predicted molar refractivity (Wildman–Crippen MR) is 103 cm³/mol. The number of sulfonamides is 1. The number of nitrogens with zero attached hydrogens (tertiary/aromatic N) is 4. The molecule has 2 fully saturated rings. The summed E-state index contributed by atoms with van der Waals surface area (Å²) >= 11 is 0. The van der Waals surface area contributed by atoms with E-state index in [1.165, 1.54) is 12.8 Å². The lowest BCUT2D eigenvalue weighted by atomic mass is 10.2. The molecule has 1 atom stereocenters. The average molecular weight is 404 g/mol. The van der Waals surface area contributed by atoms with Crippen molar-refractivity contribution in [3.8, 4) is 0 Å². The van der Waals surface area contributed by atoms with Crippen LogP contribution in [0.4, 0.5) is 0 Å². The van der Waals surface area contributed by atoms with Gasteiger partial charge in [-0.05, 0) is 43.9 Å². The Morgan fingerprint density at radius 3 is 2.86 bits per heavy atom. The lowest BCUT2D eigenvalue weighted by Crippen LogP contribution is -2.33. The highest BCUT2D eigenvalue weighted by Crippen LogP contribution is 2.39. The molecule has 1 saturated carbocycles. The molecule has 1 amide bonds. The Morgan fingerprint density at radius 2 is 2.11 bits per heavy atom. The first-order chi connectivity index (χ1) is 13.4. The van der Waals surface area contributed by atoms with Crippen LogP contribution in [0.2, 0.25) is 0 Å². The largest absolute Gasteiger partial charge is 0.340 e. The van der Waals surface area contributed by atoms with Gasteiger partial charge in [0.15, 0.2) is 0 Å². The number of likely N-dealkylation sites (tertiary alicyclic amines) is 1. The van der Waals surface area contributed by atoms with Crippen molar-refractivity contribution in [3.63, 3.8) is 0 Å². The molecule has 1 aliphatic carbocycles. The Balaban J connectivity index is 1.27. The summed E-state index contributed by atoms with van der Waals surface area (Å²) in [7, 11) is -3.60. The predicted octanol–water partition coefficient (Wildman–Crippen LogP) is 1.61. The minimum Gasteiger partial charge on any atom is -0.340 e. The summed E-state index contributed by atoms with van der Waals surface area (Å²) in [4.78, 5) is 14.5. The molecule has 2 aliphatic rings. The molecule has 28 heavy (non-hydrogen) atoms. The van der Waals surface area contributed by atoms with Crippen LogP contribution in [0.3, 0.4) is 0 Å². The second-order valence-electron chi connectivity index (χ2n) is 7.64. The van der Waals surface area contributed by atoms with E-state index < -0.39 is 10.0 Å². The first kappa shape index (κ1) is 19.1. The Bertz CT molecular complexity index is 967. The van der Waals surface area contributed by atoms with Crippen molar-refractivity contribution >= 4 is 15.9 Å². The number of carbonyl (C=O) groups excluding carboxylic acids is 1. The van der Waals surface area contributed by atoms with Gasteiger partial charge in [0.2, 0.25) is 15.9 Å². The van der Waals surface area contributed by atoms with Crippen LogP contribution in [-0.4, -0.2) is 53.9 Å². The quantitative estimate of drug-likeness (QED) is 0.757. The van der Waals surface area contributed by atoms with E-state index in [4.69, 9.17) is 0 Å². The normalized spacial score (nSPS) is 19.9. The van der Waals surface area contributed by atoms with E-state index in [2.05, 4.69) is 15.0 Å². The molecule has 0 radical (unpaired) electrons. The maximum absolute atomic E-state index is 12.5. The molecule has 8 nitrogen and oxygen atoms in total. The summed E-state index contributed by atoms with van der Waals surface area (Å²) in [5, 5.41) is 8.46. The van der Waals surface area contributed by atoms with Gasteiger partial charge in [-0.3, -0.25) is 4.79 Å². The highest BCUT2D eigenvalue weighted by atomic mass is 32.2. The van der Waals surface area contributed by atoms with Crippen molar-refractivity contribution in [2.45, 2.75) is 49.5 Å². The Labute approximate surface area is 165 Å².